The number of halogens is 1. The first kappa shape index (κ1) is 17.7. The number of carbonyl (C=O) groups is 2. The lowest BCUT2D eigenvalue weighted by Crippen LogP contribution is -2.24. The molecule has 0 aliphatic heterocycles. The normalized spacial score (nSPS) is 10.5. The van der Waals surface area contributed by atoms with Crippen molar-refractivity contribution in [1.29, 1.82) is 0 Å². The van der Waals surface area contributed by atoms with Crippen molar-refractivity contribution in [2.75, 3.05) is 7.11 Å². The van der Waals surface area contributed by atoms with Crippen LogP contribution < -0.4 is 10.7 Å². The Morgan fingerprint density at radius 3 is 2.58 bits per heavy atom. The Kier molecular flexibility index (Phi) is 5.04. The number of amides is 1. The van der Waals surface area contributed by atoms with Crippen LogP contribution in [0.15, 0.2) is 57.7 Å². The molecule has 0 aliphatic carbocycles. The SMILES string of the molecule is COC(=O)c1ccc(CNC(=O)c2cc(=O)c3cccc(Cl)c3o2)cc1. The number of methoxy groups -OCH3 is 1. The monoisotopic (exact) mass is 371 g/mol. The summed E-state index contributed by atoms with van der Waals surface area (Å²) in [5.41, 5.74) is 1.01. The first-order valence-corrected chi connectivity index (χ1v) is 8.05. The molecule has 1 amide bonds. The van der Waals surface area contributed by atoms with Crippen LogP contribution in [-0.2, 0) is 11.3 Å². The van der Waals surface area contributed by atoms with Gasteiger partial charge in [-0.15, -0.1) is 0 Å². The Balaban J connectivity index is 1.76. The lowest BCUT2D eigenvalue weighted by molar-refractivity contribution is 0.0600. The van der Waals surface area contributed by atoms with E-state index in [-0.39, 0.29) is 28.3 Å². The van der Waals surface area contributed by atoms with E-state index < -0.39 is 11.9 Å². The van der Waals surface area contributed by atoms with Crippen molar-refractivity contribution in [2.45, 2.75) is 6.54 Å². The van der Waals surface area contributed by atoms with Crippen LogP contribution in [0, 0.1) is 0 Å². The van der Waals surface area contributed by atoms with E-state index in [9.17, 15) is 14.4 Å². The third-order valence-electron chi connectivity index (χ3n) is 3.76. The summed E-state index contributed by atoms with van der Waals surface area (Å²) in [7, 11) is 1.31. The second-order valence-corrected chi connectivity index (χ2v) is 5.87. The van der Waals surface area contributed by atoms with E-state index in [4.69, 9.17) is 16.0 Å². The maximum atomic E-state index is 12.3. The van der Waals surface area contributed by atoms with Gasteiger partial charge in [0.2, 0.25) is 0 Å². The number of benzene rings is 2. The number of nitrogens with one attached hydrogen (secondary N) is 1. The minimum atomic E-state index is -0.541. The van der Waals surface area contributed by atoms with Crippen LogP contribution in [0.1, 0.15) is 26.5 Å². The van der Waals surface area contributed by atoms with Crippen molar-refractivity contribution in [2.24, 2.45) is 0 Å². The highest BCUT2D eigenvalue weighted by atomic mass is 35.5. The molecule has 2 aromatic carbocycles. The third-order valence-corrected chi connectivity index (χ3v) is 4.06. The zero-order chi connectivity index (χ0) is 18.7. The summed E-state index contributed by atoms with van der Waals surface area (Å²) in [5.74, 6) is -1.10. The zero-order valence-electron chi connectivity index (χ0n) is 13.7. The summed E-state index contributed by atoms with van der Waals surface area (Å²) in [5, 5.41) is 3.23. The largest absolute Gasteiger partial charge is 0.465 e. The summed E-state index contributed by atoms with van der Waals surface area (Å²) in [6, 6.07) is 12.5. The van der Waals surface area contributed by atoms with Gasteiger partial charge in [0.05, 0.1) is 23.1 Å². The number of fused-ring (bicyclic) bond motifs is 1. The Hall–Kier alpha value is -3.12. The van der Waals surface area contributed by atoms with Gasteiger partial charge < -0.3 is 14.5 Å². The van der Waals surface area contributed by atoms with E-state index in [1.807, 2.05) is 0 Å². The van der Waals surface area contributed by atoms with Gasteiger partial charge in [-0.05, 0) is 29.8 Å². The Bertz CT molecular complexity index is 1040. The lowest BCUT2D eigenvalue weighted by atomic mass is 10.1. The van der Waals surface area contributed by atoms with Crippen molar-refractivity contribution < 1.29 is 18.7 Å². The maximum absolute atomic E-state index is 12.3. The zero-order valence-corrected chi connectivity index (χ0v) is 14.5. The number of rotatable bonds is 4. The molecule has 0 radical (unpaired) electrons. The molecule has 1 aromatic heterocycles. The summed E-state index contributed by atoms with van der Waals surface area (Å²) >= 11 is 6.03. The highest BCUT2D eigenvalue weighted by molar-refractivity contribution is 6.34. The minimum Gasteiger partial charge on any atom is -0.465 e. The molecular formula is C19H14ClNO5. The Morgan fingerprint density at radius 1 is 1.15 bits per heavy atom. The van der Waals surface area contributed by atoms with Crippen LogP contribution in [0.5, 0.6) is 0 Å². The molecule has 3 rings (SSSR count). The van der Waals surface area contributed by atoms with Gasteiger partial charge in [-0.1, -0.05) is 29.8 Å². The first-order chi connectivity index (χ1) is 12.5. The number of hydrogen-bond acceptors (Lipinski definition) is 5. The fourth-order valence-electron chi connectivity index (χ4n) is 2.40. The molecule has 0 spiro atoms. The highest BCUT2D eigenvalue weighted by Crippen LogP contribution is 2.21. The van der Waals surface area contributed by atoms with Crippen LogP contribution in [0.3, 0.4) is 0 Å². The third kappa shape index (κ3) is 3.60. The molecule has 0 unspecified atom stereocenters. The molecule has 1 N–H and O–H groups in total. The summed E-state index contributed by atoms with van der Waals surface area (Å²) in [6.45, 7) is 0.199. The molecule has 0 saturated carbocycles. The Labute approximate surface area is 153 Å². The van der Waals surface area contributed by atoms with E-state index in [2.05, 4.69) is 10.1 Å². The molecule has 6 nitrogen and oxygen atoms in total. The molecule has 0 fully saturated rings. The van der Waals surface area contributed by atoms with E-state index in [0.29, 0.717) is 10.9 Å². The minimum absolute atomic E-state index is 0.123. The standard InChI is InChI=1S/C19H14ClNO5/c1-25-19(24)12-7-5-11(6-8-12)10-21-18(23)16-9-15(22)13-3-2-4-14(20)17(13)26-16/h2-9H,10H2,1H3,(H,21,23). The topological polar surface area (TPSA) is 85.6 Å². The molecule has 3 aromatic rings. The lowest BCUT2D eigenvalue weighted by Gasteiger charge is -2.07. The quantitative estimate of drug-likeness (QED) is 0.712. The highest BCUT2D eigenvalue weighted by Gasteiger charge is 2.14. The molecule has 7 heteroatoms. The van der Waals surface area contributed by atoms with E-state index in [1.165, 1.54) is 7.11 Å². The maximum Gasteiger partial charge on any atom is 0.337 e. The molecule has 0 saturated heterocycles. The van der Waals surface area contributed by atoms with Crippen molar-refractivity contribution in [1.82, 2.24) is 5.32 Å². The fourth-order valence-corrected chi connectivity index (χ4v) is 2.61. The van der Waals surface area contributed by atoms with E-state index in [0.717, 1.165) is 11.6 Å². The molecule has 132 valence electrons. The van der Waals surface area contributed by atoms with Gasteiger partial charge in [0, 0.05) is 12.6 Å². The van der Waals surface area contributed by atoms with Crippen LogP contribution >= 0.6 is 11.6 Å². The van der Waals surface area contributed by atoms with Crippen LogP contribution in [-0.4, -0.2) is 19.0 Å². The number of para-hydroxylation sites is 1. The van der Waals surface area contributed by atoms with Crippen molar-refractivity contribution in [3.05, 3.63) is 80.7 Å². The molecule has 0 atom stereocenters. The van der Waals surface area contributed by atoms with Crippen molar-refractivity contribution in [3.63, 3.8) is 0 Å². The van der Waals surface area contributed by atoms with E-state index in [1.54, 1.807) is 42.5 Å². The molecule has 26 heavy (non-hydrogen) atoms. The van der Waals surface area contributed by atoms with Gasteiger partial charge in [0.25, 0.3) is 5.91 Å². The van der Waals surface area contributed by atoms with Gasteiger partial charge in [-0.3, -0.25) is 9.59 Å². The molecule has 1 heterocycles. The van der Waals surface area contributed by atoms with Crippen molar-refractivity contribution in [3.8, 4) is 0 Å². The first-order valence-electron chi connectivity index (χ1n) is 7.67. The second-order valence-electron chi connectivity index (χ2n) is 5.46. The predicted molar refractivity (Wildman–Crippen MR) is 96.4 cm³/mol. The second kappa shape index (κ2) is 7.41. The number of hydrogen-bond donors (Lipinski definition) is 1. The number of esters is 1. The fraction of sp³-hybridized carbons (Fsp3) is 0.105. The van der Waals surface area contributed by atoms with Crippen LogP contribution in [0.4, 0.5) is 0 Å². The summed E-state index contributed by atoms with van der Waals surface area (Å²) in [4.78, 5) is 35.8. The van der Waals surface area contributed by atoms with Crippen LogP contribution in [0.25, 0.3) is 11.0 Å². The van der Waals surface area contributed by atoms with E-state index >= 15 is 0 Å². The molecule has 0 bridgehead atoms. The summed E-state index contributed by atoms with van der Waals surface area (Å²) < 4.78 is 10.1. The predicted octanol–water partition coefficient (Wildman–Crippen LogP) is 3.16. The average molecular weight is 372 g/mol. The van der Waals surface area contributed by atoms with Gasteiger partial charge >= 0.3 is 5.97 Å². The molecule has 0 aliphatic rings. The van der Waals surface area contributed by atoms with Gasteiger partial charge in [-0.2, -0.15) is 0 Å². The average Bonchev–Trinajstić information content (AvgIpc) is 2.66. The number of carbonyl (C=O) groups excluding carboxylic acids is 2. The summed E-state index contributed by atoms with van der Waals surface area (Å²) in [6.07, 6.45) is 0. The van der Waals surface area contributed by atoms with Crippen LogP contribution in [0.2, 0.25) is 5.02 Å². The van der Waals surface area contributed by atoms with Gasteiger partial charge in [0.15, 0.2) is 16.8 Å². The van der Waals surface area contributed by atoms with Gasteiger partial charge in [0.1, 0.15) is 0 Å². The number of ether oxygens (including phenoxy) is 1. The Morgan fingerprint density at radius 2 is 1.88 bits per heavy atom. The van der Waals surface area contributed by atoms with Crippen molar-refractivity contribution >= 4 is 34.4 Å². The smallest absolute Gasteiger partial charge is 0.337 e. The molecular weight excluding hydrogens is 358 g/mol. The van der Waals surface area contributed by atoms with Gasteiger partial charge in [-0.25, -0.2) is 4.79 Å².